The minimum absolute atomic E-state index is 0.0731. The number of carboxylic acid groups (broad SMARTS) is 2. The van der Waals surface area contributed by atoms with Crippen LogP contribution < -0.4 is 21.3 Å². The number of hydrogen-bond acceptors (Lipinski definition) is 16. The summed E-state index contributed by atoms with van der Waals surface area (Å²) in [4.78, 5) is 106. The van der Waals surface area contributed by atoms with Crippen molar-refractivity contribution in [2.45, 2.75) is 106 Å². The number of nitrogens with zero attached hydrogens (tertiary/aromatic N) is 5. The van der Waals surface area contributed by atoms with E-state index in [4.69, 9.17) is 9.47 Å². The van der Waals surface area contributed by atoms with Crippen LogP contribution in [-0.2, 0) is 43.0 Å². The molecule has 0 bridgehead atoms. The molecule has 7 N–H and O–H groups in total. The largest absolute Gasteiger partial charge is 0.480 e. The molecule has 0 aromatic heterocycles. The Labute approximate surface area is 378 Å². The lowest BCUT2D eigenvalue weighted by atomic mass is 9.81. The van der Waals surface area contributed by atoms with E-state index in [9.17, 15) is 53.7 Å². The lowest BCUT2D eigenvalue weighted by Gasteiger charge is -2.39. The maximum atomic E-state index is 12.8. The van der Waals surface area contributed by atoms with Crippen LogP contribution in [0.15, 0.2) is 0 Å². The van der Waals surface area contributed by atoms with Gasteiger partial charge in [-0.3, -0.25) is 48.3 Å². The van der Waals surface area contributed by atoms with Crippen LogP contribution in [0.3, 0.4) is 0 Å². The fourth-order valence-electron chi connectivity index (χ4n) is 8.73. The van der Waals surface area contributed by atoms with Gasteiger partial charge in [-0.05, 0) is 57.9 Å². The molecule has 1 saturated carbocycles. The third kappa shape index (κ3) is 19.0. The van der Waals surface area contributed by atoms with Crippen LogP contribution >= 0.6 is 11.8 Å². The summed E-state index contributed by atoms with van der Waals surface area (Å²) in [7, 11) is 3.43. The standard InChI is InChI=1S/C41H69N9O13S/c1-46-13-15-48(26-62-27-51)17-18-50(23-38(58)59)30(20-49(16-14-46)22-37(56)57)19-28-7-9-29(10-8-28)42-33(52)11-12-39(60)63-24-35(54)44-34(53)21-47(2)36(55)6-4-3-5-32-40-31(25-64-32)43-41(61)45-40/h27-32,35,40,54H,3-26H2,1-2H3,(H,42,52)(H,44,53)(H,56,57)(H,58,59)(H2,43,45,61). The summed E-state index contributed by atoms with van der Waals surface area (Å²) in [6.07, 6.45) is 4.12. The smallest absolute Gasteiger partial charge is 0.317 e. The van der Waals surface area contributed by atoms with E-state index in [1.54, 1.807) is 0 Å². The fourth-order valence-corrected chi connectivity index (χ4v) is 10.3. The van der Waals surface area contributed by atoms with Gasteiger partial charge in [0.25, 0.3) is 6.47 Å². The summed E-state index contributed by atoms with van der Waals surface area (Å²) in [5.41, 5.74) is 0. The van der Waals surface area contributed by atoms with Crippen LogP contribution in [-0.4, -0.2) is 222 Å². The SMILES string of the molecule is CN1CCN(COC=O)CCN(CC(=O)O)C(CC2CCC(NC(=O)CCC(=O)OCC(O)NC(=O)CN(C)C(=O)CCCCC3SCC4NC(=O)NC43)CC2)CN(CC(=O)O)CC1. The second-order valence-corrected chi connectivity index (χ2v) is 18.6. The van der Waals surface area contributed by atoms with E-state index in [-0.39, 0.29) is 93.6 Å². The van der Waals surface area contributed by atoms with Crippen LogP contribution in [0, 0.1) is 5.92 Å². The van der Waals surface area contributed by atoms with Gasteiger partial charge in [0, 0.05) is 88.8 Å². The number of likely N-dealkylation sites (N-methyl/N-ethyl adjacent to an activating group) is 2. The van der Waals surface area contributed by atoms with Crippen LogP contribution in [0.4, 0.5) is 4.79 Å². The minimum Gasteiger partial charge on any atom is -0.480 e. The Morgan fingerprint density at radius 3 is 2.31 bits per heavy atom. The highest BCUT2D eigenvalue weighted by Gasteiger charge is 2.42. The molecule has 3 saturated heterocycles. The number of carbonyl (C=O) groups is 8. The van der Waals surface area contributed by atoms with Crippen molar-refractivity contribution in [2.24, 2.45) is 5.92 Å². The molecule has 0 radical (unpaired) electrons. The molecule has 4 fully saturated rings. The van der Waals surface area contributed by atoms with Crippen molar-refractivity contribution in [1.29, 1.82) is 0 Å². The molecular formula is C41H69N9O13S. The summed E-state index contributed by atoms with van der Waals surface area (Å²) in [5, 5.41) is 41.2. The number of amides is 5. The Bertz CT molecular complexity index is 1570. The molecule has 0 spiro atoms. The van der Waals surface area contributed by atoms with Gasteiger partial charge >= 0.3 is 23.9 Å². The number of hydrogen-bond donors (Lipinski definition) is 7. The molecule has 23 heteroatoms. The molecule has 0 aromatic rings. The Morgan fingerprint density at radius 1 is 0.906 bits per heavy atom. The van der Waals surface area contributed by atoms with Crippen LogP contribution in [0.5, 0.6) is 0 Å². The number of esters is 1. The number of fused-ring (bicyclic) bond motifs is 1. The quantitative estimate of drug-likeness (QED) is 0.0202. The minimum atomic E-state index is -1.51. The maximum Gasteiger partial charge on any atom is 0.317 e. The van der Waals surface area contributed by atoms with Crippen molar-refractivity contribution in [2.75, 3.05) is 98.6 Å². The van der Waals surface area contributed by atoms with Gasteiger partial charge in [-0.25, -0.2) is 4.79 Å². The first-order valence-corrected chi connectivity index (χ1v) is 23.3. The average molecular weight is 928 g/mol. The lowest BCUT2D eigenvalue weighted by molar-refractivity contribution is -0.149. The first kappa shape index (κ1) is 52.3. The molecule has 4 rings (SSSR count). The van der Waals surface area contributed by atoms with E-state index in [0.717, 1.165) is 31.4 Å². The first-order valence-electron chi connectivity index (χ1n) is 22.3. The lowest BCUT2D eigenvalue weighted by Crippen LogP contribution is -2.52. The van der Waals surface area contributed by atoms with E-state index in [0.29, 0.717) is 83.2 Å². The van der Waals surface area contributed by atoms with Crippen LogP contribution in [0.2, 0.25) is 0 Å². The number of aliphatic hydroxyl groups is 1. The summed E-state index contributed by atoms with van der Waals surface area (Å²) in [6.45, 7) is 2.68. The van der Waals surface area contributed by atoms with Crippen LogP contribution in [0.25, 0.3) is 0 Å². The van der Waals surface area contributed by atoms with Crippen molar-refractivity contribution in [3.05, 3.63) is 0 Å². The van der Waals surface area contributed by atoms with Crippen LogP contribution in [0.1, 0.15) is 70.6 Å². The van der Waals surface area contributed by atoms with Gasteiger partial charge < -0.3 is 55.9 Å². The molecule has 22 nitrogen and oxygen atoms in total. The summed E-state index contributed by atoms with van der Waals surface area (Å²) < 4.78 is 10.1. The number of carbonyl (C=O) groups excluding carboxylic acids is 6. The predicted molar refractivity (Wildman–Crippen MR) is 233 cm³/mol. The zero-order chi connectivity index (χ0) is 46.6. The third-order valence-electron chi connectivity index (χ3n) is 12.3. The topological polar surface area (TPSA) is 280 Å². The molecule has 64 heavy (non-hydrogen) atoms. The second-order valence-electron chi connectivity index (χ2n) is 17.4. The Balaban J connectivity index is 1.13. The van der Waals surface area contributed by atoms with E-state index in [2.05, 4.69) is 26.2 Å². The van der Waals surface area contributed by atoms with E-state index in [1.807, 2.05) is 33.5 Å². The van der Waals surface area contributed by atoms with Crippen molar-refractivity contribution < 1.29 is 63.1 Å². The van der Waals surface area contributed by atoms with Crippen molar-refractivity contribution in [1.82, 2.24) is 45.8 Å². The predicted octanol–water partition coefficient (Wildman–Crippen LogP) is -1.49. The molecule has 0 aromatic carbocycles. The normalized spacial score (nSPS) is 25.6. The number of nitrogens with one attached hydrogen (secondary N) is 4. The molecule has 1 aliphatic carbocycles. The highest BCUT2D eigenvalue weighted by molar-refractivity contribution is 8.00. The zero-order valence-electron chi connectivity index (χ0n) is 37.2. The van der Waals surface area contributed by atoms with Crippen molar-refractivity contribution in [3.8, 4) is 0 Å². The number of ether oxygens (including phenoxy) is 2. The van der Waals surface area contributed by atoms with Gasteiger partial charge in [-0.1, -0.05) is 6.42 Å². The fraction of sp³-hybridized carbons (Fsp3) is 0.805. The number of aliphatic hydroxyl groups excluding tert-OH is 1. The second kappa shape index (κ2) is 27.2. The van der Waals surface area contributed by atoms with E-state index in [1.165, 1.54) is 11.9 Å². The van der Waals surface area contributed by atoms with Gasteiger partial charge in [0.2, 0.25) is 17.7 Å². The molecule has 5 unspecified atom stereocenters. The Morgan fingerprint density at radius 2 is 1.61 bits per heavy atom. The molecule has 3 heterocycles. The van der Waals surface area contributed by atoms with Gasteiger partial charge in [-0.15, -0.1) is 0 Å². The zero-order valence-corrected chi connectivity index (χ0v) is 38.0. The van der Waals surface area contributed by atoms with Gasteiger partial charge in [0.1, 0.15) is 13.3 Å². The van der Waals surface area contributed by atoms with Gasteiger partial charge in [-0.2, -0.15) is 11.8 Å². The van der Waals surface area contributed by atoms with Gasteiger partial charge in [0.05, 0.1) is 38.1 Å². The number of urea groups is 1. The third-order valence-corrected chi connectivity index (χ3v) is 13.8. The van der Waals surface area contributed by atoms with E-state index >= 15 is 0 Å². The number of unbranched alkanes of at least 4 members (excludes halogenated alkanes) is 1. The number of aliphatic carboxylic acids is 2. The molecule has 5 amide bonds. The Hall–Kier alpha value is -4.29. The Kier molecular flexibility index (Phi) is 22.3. The summed E-state index contributed by atoms with van der Waals surface area (Å²) in [6, 6.07) is -0.286. The molecular weight excluding hydrogens is 859 g/mol. The molecule has 362 valence electrons. The van der Waals surface area contributed by atoms with Crippen molar-refractivity contribution >= 4 is 59.9 Å². The first-order chi connectivity index (χ1) is 30.6. The summed E-state index contributed by atoms with van der Waals surface area (Å²) >= 11 is 1.81. The molecule has 5 atom stereocenters. The van der Waals surface area contributed by atoms with Crippen molar-refractivity contribution in [3.63, 3.8) is 0 Å². The summed E-state index contributed by atoms with van der Waals surface area (Å²) in [5.74, 6) is -2.83. The number of thioether (sulfide) groups is 1. The number of rotatable bonds is 23. The highest BCUT2D eigenvalue weighted by Crippen LogP contribution is 2.33. The maximum absolute atomic E-state index is 12.8. The molecule has 3 aliphatic heterocycles. The van der Waals surface area contributed by atoms with E-state index < -0.39 is 36.6 Å². The monoisotopic (exact) mass is 927 g/mol. The van der Waals surface area contributed by atoms with Gasteiger partial charge in [0.15, 0.2) is 6.23 Å². The average Bonchev–Trinajstić information content (AvgIpc) is 3.80. The highest BCUT2D eigenvalue weighted by atomic mass is 32.2. The number of carboxylic acids is 2. The molecule has 4 aliphatic rings.